The molecule has 0 aromatic heterocycles. The Labute approximate surface area is 144 Å². The zero-order valence-electron chi connectivity index (χ0n) is 10.6. The Kier molecular flexibility index (Phi) is 13.9. The predicted molar refractivity (Wildman–Crippen MR) is 92.9 cm³/mol. The molecule has 0 aliphatic rings. The van der Waals surface area contributed by atoms with Crippen LogP contribution in [-0.4, -0.2) is 44.7 Å². The molecule has 4 atom stereocenters. The summed E-state index contributed by atoms with van der Waals surface area (Å²) in [6.07, 6.45) is 3.00. The number of hydrogen-bond donors (Lipinski definition) is 1. The smallest absolute Gasteiger partial charge is 0.0612 e. The Morgan fingerprint density at radius 1 is 1.17 bits per heavy atom. The minimum Gasteiger partial charge on any atom is -0.396 e. The molecule has 110 valence electrons. The van der Waals surface area contributed by atoms with Crippen molar-refractivity contribution in [1.29, 1.82) is 0 Å². The van der Waals surface area contributed by atoms with Crippen LogP contribution in [0.2, 0.25) is 0 Å². The molecule has 0 radical (unpaired) electrons. The van der Waals surface area contributed by atoms with E-state index in [0.717, 1.165) is 23.5 Å². The summed E-state index contributed by atoms with van der Waals surface area (Å²) in [5.41, 5.74) is 0. The van der Waals surface area contributed by atoms with Gasteiger partial charge in [-0.05, 0) is 25.2 Å². The van der Waals surface area contributed by atoms with Crippen LogP contribution in [0.15, 0.2) is 0 Å². The standard InChI is InChI=1S/C12H22Br4O2/c1-2-12(18-5-3-4-17)10(11(16)8-14)6-9(15)7-13/h9-12,17H,2-8H2,1H3. The second-order valence-corrected chi connectivity index (χ2v) is 7.98. The lowest BCUT2D eigenvalue weighted by atomic mass is 9.92. The van der Waals surface area contributed by atoms with Crippen LogP contribution in [0.4, 0.5) is 0 Å². The molecule has 0 aromatic carbocycles. The van der Waals surface area contributed by atoms with E-state index in [4.69, 9.17) is 9.84 Å². The molecule has 2 nitrogen and oxygen atoms in total. The first-order chi connectivity index (χ1) is 8.60. The van der Waals surface area contributed by atoms with Gasteiger partial charge in [0.2, 0.25) is 0 Å². The second-order valence-electron chi connectivity index (χ2n) is 4.22. The lowest BCUT2D eigenvalue weighted by Gasteiger charge is -2.31. The van der Waals surface area contributed by atoms with E-state index in [-0.39, 0.29) is 12.7 Å². The van der Waals surface area contributed by atoms with E-state index in [2.05, 4.69) is 70.6 Å². The van der Waals surface area contributed by atoms with E-state index in [1.165, 1.54) is 0 Å². The average Bonchev–Trinajstić information content (AvgIpc) is 2.40. The molecule has 0 aliphatic carbocycles. The summed E-state index contributed by atoms with van der Waals surface area (Å²) in [5, 5.41) is 10.7. The first-order valence-corrected chi connectivity index (χ1v) is 10.3. The van der Waals surface area contributed by atoms with Crippen molar-refractivity contribution in [3.05, 3.63) is 0 Å². The fraction of sp³-hybridized carbons (Fsp3) is 1.00. The van der Waals surface area contributed by atoms with Crippen LogP contribution in [0.1, 0.15) is 26.2 Å². The van der Waals surface area contributed by atoms with Gasteiger partial charge in [0.05, 0.1) is 6.10 Å². The molecule has 0 aliphatic heterocycles. The average molecular weight is 518 g/mol. The Morgan fingerprint density at radius 2 is 1.83 bits per heavy atom. The van der Waals surface area contributed by atoms with E-state index in [9.17, 15) is 0 Å². The van der Waals surface area contributed by atoms with Crippen molar-refractivity contribution >= 4 is 63.7 Å². The Morgan fingerprint density at radius 3 is 2.28 bits per heavy atom. The van der Waals surface area contributed by atoms with E-state index in [1.807, 2.05) is 0 Å². The molecule has 0 spiro atoms. The van der Waals surface area contributed by atoms with Crippen molar-refractivity contribution < 1.29 is 9.84 Å². The molecule has 0 rings (SSSR count). The normalized spacial score (nSPS) is 18.3. The van der Waals surface area contributed by atoms with Crippen LogP contribution in [0.25, 0.3) is 0 Å². The van der Waals surface area contributed by atoms with Gasteiger partial charge in [-0.3, -0.25) is 0 Å². The fourth-order valence-electron chi connectivity index (χ4n) is 1.85. The van der Waals surface area contributed by atoms with Gasteiger partial charge in [-0.1, -0.05) is 70.6 Å². The first-order valence-electron chi connectivity index (χ1n) is 6.23. The van der Waals surface area contributed by atoms with Gasteiger partial charge in [0.1, 0.15) is 0 Å². The van der Waals surface area contributed by atoms with Gasteiger partial charge < -0.3 is 9.84 Å². The van der Waals surface area contributed by atoms with Gasteiger partial charge in [0.15, 0.2) is 0 Å². The summed E-state index contributed by atoms with van der Waals surface area (Å²) in [6, 6.07) is 0. The maximum absolute atomic E-state index is 8.82. The Bertz CT molecular complexity index is 195. The number of hydrogen-bond acceptors (Lipinski definition) is 2. The van der Waals surface area contributed by atoms with Crippen LogP contribution >= 0.6 is 63.7 Å². The van der Waals surface area contributed by atoms with Gasteiger partial charge in [0.25, 0.3) is 0 Å². The van der Waals surface area contributed by atoms with Gasteiger partial charge >= 0.3 is 0 Å². The van der Waals surface area contributed by atoms with E-state index in [1.54, 1.807) is 0 Å². The summed E-state index contributed by atoms with van der Waals surface area (Å²) in [7, 11) is 0. The van der Waals surface area contributed by atoms with Crippen LogP contribution in [-0.2, 0) is 4.74 Å². The second kappa shape index (κ2) is 12.6. The quantitative estimate of drug-likeness (QED) is 0.323. The summed E-state index contributed by atoms with van der Waals surface area (Å²) in [5.74, 6) is 0.454. The molecule has 0 aromatic rings. The zero-order valence-corrected chi connectivity index (χ0v) is 17.0. The number of halogens is 4. The van der Waals surface area contributed by atoms with Crippen molar-refractivity contribution in [2.75, 3.05) is 23.9 Å². The maximum Gasteiger partial charge on any atom is 0.0612 e. The monoisotopic (exact) mass is 514 g/mol. The van der Waals surface area contributed by atoms with Crippen molar-refractivity contribution in [3.63, 3.8) is 0 Å². The molecule has 0 saturated carbocycles. The highest BCUT2D eigenvalue weighted by Gasteiger charge is 2.28. The molecule has 0 fully saturated rings. The minimum atomic E-state index is 0.194. The van der Waals surface area contributed by atoms with Gasteiger partial charge in [0, 0.05) is 33.5 Å². The highest BCUT2D eigenvalue weighted by Crippen LogP contribution is 2.30. The largest absolute Gasteiger partial charge is 0.396 e. The number of alkyl halides is 4. The van der Waals surface area contributed by atoms with E-state index in [0.29, 0.717) is 28.6 Å². The Balaban J connectivity index is 4.46. The van der Waals surface area contributed by atoms with Crippen molar-refractivity contribution in [2.24, 2.45) is 5.92 Å². The summed E-state index contributed by atoms with van der Waals surface area (Å²) < 4.78 is 5.92. The molecule has 1 N–H and O–H groups in total. The van der Waals surface area contributed by atoms with Gasteiger partial charge in [-0.15, -0.1) is 0 Å². The number of ether oxygens (including phenoxy) is 1. The van der Waals surface area contributed by atoms with Gasteiger partial charge in [-0.2, -0.15) is 0 Å². The topological polar surface area (TPSA) is 29.5 Å². The highest BCUT2D eigenvalue weighted by atomic mass is 79.9. The molecule has 4 unspecified atom stereocenters. The molecule has 0 amide bonds. The highest BCUT2D eigenvalue weighted by molar-refractivity contribution is 9.12. The van der Waals surface area contributed by atoms with E-state index >= 15 is 0 Å². The van der Waals surface area contributed by atoms with Crippen LogP contribution < -0.4 is 0 Å². The molecule has 0 bridgehead atoms. The third kappa shape index (κ3) is 8.20. The van der Waals surface area contributed by atoms with Crippen LogP contribution in [0.5, 0.6) is 0 Å². The van der Waals surface area contributed by atoms with Crippen molar-refractivity contribution in [2.45, 2.75) is 41.9 Å². The number of aliphatic hydroxyl groups is 1. The summed E-state index contributed by atoms with van der Waals surface area (Å²) in [6.45, 7) is 2.98. The lowest BCUT2D eigenvalue weighted by Crippen LogP contribution is -2.34. The molecule has 18 heavy (non-hydrogen) atoms. The number of aliphatic hydroxyl groups excluding tert-OH is 1. The molecular formula is C12H22Br4O2. The van der Waals surface area contributed by atoms with E-state index < -0.39 is 0 Å². The molecule has 0 heterocycles. The SMILES string of the molecule is CCC(OCCCO)C(CC(Br)CBr)C(Br)CBr. The lowest BCUT2D eigenvalue weighted by molar-refractivity contribution is 0.00288. The molecular weight excluding hydrogens is 496 g/mol. The number of rotatable bonds is 11. The first kappa shape index (κ1) is 19.8. The maximum atomic E-state index is 8.82. The predicted octanol–water partition coefficient (Wildman–Crippen LogP) is 4.49. The minimum absolute atomic E-state index is 0.194. The zero-order chi connectivity index (χ0) is 14.0. The summed E-state index contributed by atoms with van der Waals surface area (Å²) >= 11 is 14.5. The third-order valence-electron chi connectivity index (χ3n) is 2.82. The van der Waals surface area contributed by atoms with Crippen LogP contribution in [0, 0.1) is 5.92 Å². The van der Waals surface area contributed by atoms with Crippen molar-refractivity contribution in [3.8, 4) is 0 Å². The third-order valence-corrected chi connectivity index (χ3v) is 7.74. The molecule has 0 saturated heterocycles. The van der Waals surface area contributed by atoms with Crippen molar-refractivity contribution in [1.82, 2.24) is 0 Å². The fourth-order valence-corrected chi connectivity index (χ4v) is 3.58. The Hall–Kier alpha value is 1.84. The molecule has 6 heteroatoms. The summed E-state index contributed by atoms with van der Waals surface area (Å²) in [4.78, 5) is 0.854. The van der Waals surface area contributed by atoms with Crippen LogP contribution in [0.3, 0.4) is 0 Å². The van der Waals surface area contributed by atoms with Gasteiger partial charge in [-0.25, -0.2) is 0 Å².